The highest BCUT2D eigenvalue weighted by atomic mass is 16.5. The first-order valence-electron chi connectivity index (χ1n) is 8.02. The molecule has 0 bridgehead atoms. The maximum Gasteiger partial charge on any atom is 0.239 e. The normalized spacial score (nSPS) is 12.2. The van der Waals surface area contributed by atoms with E-state index in [9.17, 15) is 4.79 Å². The maximum absolute atomic E-state index is 11.8. The van der Waals surface area contributed by atoms with Crippen LogP contribution < -0.4 is 16.0 Å². The summed E-state index contributed by atoms with van der Waals surface area (Å²) in [4.78, 5) is 16.0. The number of rotatable bonds is 6. The van der Waals surface area contributed by atoms with Gasteiger partial charge in [0.05, 0.1) is 12.2 Å². The molecule has 23 heavy (non-hydrogen) atoms. The molecule has 0 saturated carbocycles. The Bertz CT molecular complexity index is 522. The van der Waals surface area contributed by atoms with Gasteiger partial charge in [-0.15, -0.1) is 0 Å². The van der Waals surface area contributed by atoms with Crippen LogP contribution in [0, 0.1) is 0 Å². The molecule has 0 radical (unpaired) electrons. The van der Waals surface area contributed by atoms with Crippen molar-refractivity contribution < 1.29 is 9.32 Å². The summed E-state index contributed by atoms with van der Waals surface area (Å²) in [5, 5.41) is 13.2. The van der Waals surface area contributed by atoms with Crippen molar-refractivity contribution in [2.75, 3.05) is 13.6 Å². The van der Waals surface area contributed by atoms with E-state index in [-0.39, 0.29) is 18.0 Å². The highest BCUT2D eigenvalue weighted by molar-refractivity contribution is 5.86. The van der Waals surface area contributed by atoms with Gasteiger partial charge in [-0.1, -0.05) is 19.0 Å². The summed E-state index contributed by atoms with van der Waals surface area (Å²) in [6.07, 6.45) is 1.62. The van der Waals surface area contributed by atoms with Crippen molar-refractivity contribution >= 4 is 11.9 Å². The number of nitrogens with one attached hydrogen (secondary N) is 3. The van der Waals surface area contributed by atoms with Crippen molar-refractivity contribution in [3.05, 3.63) is 17.0 Å². The van der Waals surface area contributed by atoms with Gasteiger partial charge in [-0.05, 0) is 27.2 Å². The number of nitrogens with zero attached hydrogens (tertiary/aromatic N) is 2. The molecule has 1 heterocycles. The molecule has 7 heteroatoms. The Morgan fingerprint density at radius 1 is 1.22 bits per heavy atom. The number of aliphatic imine (C=N–C) groups is 1. The highest BCUT2D eigenvalue weighted by Gasteiger charge is 2.15. The van der Waals surface area contributed by atoms with Gasteiger partial charge in [0.1, 0.15) is 5.76 Å². The Morgan fingerprint density at radius 3 is 2.43 bits per heavy atom. The highest BCUT2D eigenvalue weighted by Crippen LogP contribution is 2.15. The number of hydrogen-bond donors (Lipinski definition) is 3. The molecule has 0 aliphatic heterocycles. The summed E-state index contributed by atoms with van der Waals surface area (Å²) in [5.41, 5.74) is 1.77. The van der Waals surface area contributed by atoms with Crippen LogP contribution in [-0.2, 0) is 24.2 Å². The molecule has 3 N–H and O–H groups in total. The standard InChI is InChI=1S/C16H29N5O2/c1-7-12-11(13(8-2)23-21-12)9-18-15(17-6)19-10-14(22)20-16(3,4)5/h7-10H2,1-6H3,(H,20,22)(H2,17,18,19). The molecule has 0 aliphatic carbocycles. The Morgan fingerprint density at radius 2 is 1.91 bits per heavy atom. The number of aryl methyl sites for hydroxylation is 2. The van der Waals surface area contributed by atoms with E-state index in [2.05, 4.69) is 26.1 Å². The van der Waals surface area contributed by atoms with Crippen molar-refractivity contribution in [2.24, 2.45) is 4.99 Å². The van der Waals surface area contributed by atoms with Gasteiger partial charge < -0.3 is 20.5 Å². The summed E-state index contributed by atoms with van der Waals surface area (Å²) in [7, 11) is 1.67. The first-order chi connectivity index (χ1) is 10.8. The fourth-order valence-corrected chi connectivity index (χ4v) is 2.16. The number of guanidine groups is 1. The number of amides is 1. The lowest BCUT2D eigenvalue weighted by atomic mass is 10.1. The third kappa shape index (κ3) is 6.30. The molecule has 0 saturated heterocycles. The van der Waals surface area contributed by atoms with Gasteiger partial charge in [-0.3, -0.25) is 9.79 Å². The Balaban J connectivity index is 2.55. The van der Waals surface area contributed by atoms with E-state index < -0.39 is 0 Å². The van der Waals surface area contributed by atoms with E-state index in [0.717, 1.165) is 29.9 Å². The van der Waals surface area contributed by atoms with Gasteiger partial charge in [0.2, 0.25) is 5.91 Å². The topological polar surface area (TPSA) is 91.6 Å². The van der Waals surface area contributed by atoms with E-state index in [0.29, 0.717) is 12.5 Å². The monoisotopic (exact) mass is 323 g/mol. The van der Waals surface area contributed by atoms with Crippen LogP contribution >= 0.6 is 0 Å². The van der Waals surface area contributed by atoms with E-state index in [1.54, 1.807) is 7.05 Å². The van der Waals surface area contributed by atoms with Gasteiger partial charge >= 0.3 is 0 Å². The lowest BCUT2D eigenvalue weighted by Gasteiger charge is -2.21. The molecule has 0 atom stereocenters. The molecule has 0 unspecified atom stereocenters. The zero-order chi connectivity index (χ0) is 17.5. The zero-order valence-electron chi connectivity index (χ0n) is 15.0. The molecule has 0 fully saturated rings. The Hall–Kier alpha value is -2.05. The summed E-state index contributed by atoms with van der Waals surface area (Å²) in [6, 6.07) is 0. The van der Waals surface area contributed by atoms with Gasteiger partial charge in [0.25, 0.3) is 0 Å². The van der Waals surface area contributed by atoms with Crippen molar-refractivity contribution in [3.8, 4) is 0 Å². The zero-order valence-corrected chi connectivity index (χ0v) is 15.0. The predicted octanol–water partition coefficient (Wildman–Crippen LogP) is 1.38. The molecule has 7 nitrogen and oxygen atoms in total. The van der Waals surface area contributed by atoms with Gasteiger partial charge in [0, 0.05) is 31.1 Å². The van der Waals surface area contributed by atoms with Crippen LogP contribution in [-0.4, -0.2) is 36.2 Å². The SMILES string of the molecule is CCc1noc(CC)c1CNC(=NC)NCC(=O)NC(C)(C)C. The first-order valence-corrected chi connectivity index (χ1v) is 8.02. The number of hydrogen-bond acceptors (Lipinski definition) is 4. The fourth-order valence-electron chi connectivity index (χ4n) is 2.16. The summed E-state index contributed by atoms with van der Waals surface area (Å²) in [6.45, 7) is 10.7. The lowest BCUT2D eigenvalue weighted by Crippen LogP contribution is -2.48. The smallest absolute Gasteiger partial charge is 0.239 e. The first kappa shape index (κ1) is 19.0. The minimum Gasteiger partial charge on any atom is -0.361 e. The lowest BCUT2D eigenvalue weighted by molar-refractivity contribution is -0.121. The van der Waals surface area contributed by atoms with Crippen LogP contribution in [0.5, 0.6) is 0 Å². The van der Waals surface area contributed by atoms with Crippen LogP contribution in [0.25, 0.3) is 0 Å². The average molecular weight is 323 g/mol. The van der Waals surface area contributed by atoms with Crippen LogP contribution in [0.1, 0.15) is 51.6 Å². The Kier molecular flexibility index (Phi) is 7.06. The third-order valence-corrected chi connectivity index (χ3v) is 3.19. The number of carbonyl (C=O) groups excluding carboxylic acids is 1. The van der Waals surface area contributed by atoms with Crippen LogP contribution in [0.15, 0.2) is 9.52 Å². The molecule has 130 valence electrons. The van der Waals surface area contributed by atoms with Gasteiger partial charge in [0.15, 0.2) is 5.96 Å². The number of aromatic nitrogens is 1. The molecule has 0 aliphatic rings. The second-order valence-electron chi connectivity index (χ2n) is 6.32. The van der Waals surface area contributed by atoms with Gasteiger partial charge in [-0.25, -0.2) is 0 Å². The van der Waals surface area contributed by atoms with E-state index >= 15 is 0 Å². The molecule has 0 aromatic carbocycles. The Labute approximate surface area is 138 Å². The molecule has 0 spiro atoms. The predicted molar refractivity (Wildman–Crippen MR) is 91.4 cm³/mol. The summed E-state index contributed by atoms with van der Waals surface area (Å²) < 4.78 is 5.34. The van der Waals surface area contributed by atoms with Crippen molar-refractivity contribution in [1.29, 1.82) is 0 Å². The quantitative estimate of drug-likeness (QED) is 0.543. The molecule has 1 aromatic heterocycles. The third-order valence-electron chi connectivity index (χ3n) is 3.19. The van der Waals surface area contributed by atoms with E-state index in [1.165, 1.54) is 0 Å². The maximum atomic E-state index is 11.8. The second-order valence-corrected chi connectivity index (χ2v) is 6.32. The van der Waals surface area contributed by atoms with Gasteiger partial charge in [-0.2, -0.15) is 0 Å². The fraction of sp³-hybridized carbons (Fsp3) is 0.688. The minimum atomic E-state index is -0.246. The molecule has 1 aromatic rings. The largest absolute Gasteiger partial charge is 0.361 e. The molecule has 1 rings (SSSR count). The van der Waals surface area contributed by atoms with Crippen molar-refractivity contribution in [2.45, 2.75) is 59.5 Å². The molecule has 1 amide bonds. The summed E-state index contributed by atoms with van der Waals surface area (Å²) in [5.74, 6) is 1.38. The van der Waals surface area contributed by atoms with Crippen LogP contribution in [0.3, 0.4) is 0 Å². The molecular formula is C16H29N5O2. The second kappa shape index (κ2) is 8.55. The van der Waals surface area contributed by atoms with Crippen molar-refractivity contribution in [3.63, 3.8) is 0 Å². The van der Waals surface area contributed by atoms with E-state index in [1.807, 2.05) is 34.6 Å². The average Bonchev–Trinajstić information content (AvgIpc) is 2.87. The minimum absolute atomic E-state index is 0.0751. The van der Waals surface area contributed by atoms with E-state index in [4.69, 9.17) is 4.52 Å². The van der Waals surface area contributed by atoms with Crippen LogP contribution in [0.2, 0.25) is 0 Å². The summed E-state index contributed by atoms with van der Waals surface area (Å²) >= 11 is 0. The van der Waals surface area contributed by atoms with Crippen LogP contribution in [0.4, 0.5) is 0 Å². The van der Waals surface area contributed by atoms with Crippen molar-refractivity contribution in [1.82, 2.24) is 21.1 Å². The molecular weight excluding hydrogens is 294 g/mol. The number of carbonyl (C=O) groups is 1.